The fraction of sp³-hybridized carbons (Fsp3) is 0.491. The summed E-state index contributed by atoms with van der Waals surface area (Å²) < 4.78 is 10.9. The zero-order chi connectivity index (χ0) is 49.9. The van der Waals surface area contributed by atoms with Crippen LogP contribution in [0.3, 0.4) is 0 Å². The van der Waals surface area contributed by atoms with E-state index in [9.17, 15) is 19.2 Å². The third kappa shape index (κ3) is 23.8. The molecule has 0 saturated carbocycles. The fourth-order valence-electron chi connectivity index (χ4n) is 8.95. The summed E-state index contributed by atoms with van der Waals surface area (Å²) in [6.07, 6.45) is 22.7. The monoisotopic (exact) mass is 974 g/mol. The van der Waals surface area contributed by atoms with Gasteiger partial charge in [-0.15, -0.1) is 0 Å². The Hall–Kier alpha value is -4.85. The van der Waals surface area contributed by atoms with Gasteiger partial charge in [0.25, 0.3) is 6.47 Å². The maximum Gasteiger partial charge on any atom is 1.00 e. The first-order valence-electron chi connectivity index (χ1n) is 25.1. The standard InChI is InChI=1S/C28H36O4.C16H14O2.C12H25NO2.CH2O3.Na/c29-27(30)19-9-7-5-3-1-2-4-6-8-10-20-28(31)32-21-26-24-17-13-11-15-22(24)23-16-12-14-18-25(23)26;1-11(17)18-10-16-14-8-4-2-6-12(14)13-7-3-5-9-15(13)16;13-11-9-7-5-3-1-2-4-6-8-10-12(14)15;2-1-4-3;/h11-18,26H,1-10,19-21H2,(H,29,30);2-9,16H,10H2,1H3;1-11,13H2,(H,14,15);1,3H;/q;;;;+1/p-1. The SMILES string of the molecule is CC(=O)OCC1c2ccccc2-c2ccccc21.NCCCCCCCCCCCC(=O)O.O=C(O)CCCCCCCCCCCCC(=O)OCC1c2ccccc2-c2ccccc21.O=CO[O-].[Na+]. The summed E-state index contributed by atoms with van der Waals surface area (Å²) in [5.74, 6) is -1.37. The normalized spacial score (nSPS) is 11.5. The summed E-state index contributed by atoms with van der Waals surface area (Å²) in [5.41, 5.74) is 15.4. The maximum atomic E-state index is 12.3. The van der Waals surface area contributed by atoms with Crippen molar-refractivity contribution < 1.29 is 83.4 Å². The second kappa shape index (κ2) is 37.9. The molecule has 376 valence electrons. The van der Waals surface area contributed by atoms with Crippen molar-refractivity contribution in [3.05, 3.63) is 119 Å². The average molecular weight is 974 g/mol. The van der Waals surface area contributed by atoms with E-state index >= 15 is 0 Å². The molecule has 0 atom stereocenters. The van der Waals surface area contributed by atoms with Gasteiger partial charge in [-0.1, -0.05) is 193 Å². The summed E-state index contributed by atoms with van der Waals surface area (Å²) in [6, 6.07) is 33.5. The van der Waals surface area contributed by atoms with Crippen molar-refractivity contribution in [2.75, 3.05) is 19.8 Å². The van der Waals surface area contributed by atoms with Crippen LogP contribution in [0.2, 0.25) is 0 Å². The molecule has 0 unspecified atom stereocenters. The van der Waals surface area contributed by atoms with Gasteiger partial charge in [-0.05, 0) is 76.7 Å². The Labute approximate surface area is 438 Å². The Morgan fingerprint density at radius 2 is 0.757 bits per heavy atom. The van der Waals surface area contributed by atoms with E-state index in [0.29, 0.717) is 32.5 Å². The Balaban J connectivity index is 0.000000374. The smallest absolute Gasteiger partial charge is 0.662 e. The van der Waals surface area contributed by atoms with Crippen LogP contribution < -0.4 is 40.5 Å². The van der Waals surface area contributed by atoms with Gasteiger partial charge in [0.2, 0.25) is 0 Å². The molecular formula is C57H76NNaO11. The van der Waals surface area contributed by atoms with E-state index in [1.807, 2.05) is 24.3 Å². The van der Waals surface area contributed by atoms with Gasteiger partial charge in [0, 0.05) is 38.0 Å². The number of fused-ring (bicyclic) bond motifs is 6. The number of benzene rings is 4. The molecule has 0 aromatic heterocycles. The van der Waals surface area contributed by atoms with Crippen LogP contribution in [0.15, 0.2) is 97.1 Å². The molecule has 4 aromatic rings. The summed E-state index contributed by atoms with van der Waals surface area (Å²) in [4.78, 5) is 55.2. The maximum absolute atomic E-state index is 12.3. The topological polar surface area (TPSA) is 203 Å². The van der Waals surface area contributed by atoms with E-state index in [0.717, 1.165) is 64.3 Å². The zero-order valence-electron chi connectivity index (χ0n) is 41.8. The number of unbranched alkanes of at least 4 members (excludes halogenated alkanes) is 17. The molecule has 0 heterocycles. The number of carbonyl (C=O) groups excluding carboxylic acids is 3. The molecular weight excluding hydrogens is 898 g/mol. The fourth-order valence-corrected chi connectivity index (χ4v) is 8.95. The molecule has 0 saturated heterocycles. The molecule has 0 spiro atoms. The number of nitrogens with two attached hydrogens (primary N) is 1. The number of hydrogen-bond donors (Lipinski definition) is 3. The van der Waals surface area contributed by atoms with Crippen molar-refractivity contribution in [1.82, 2.24) is 0 Å². The predicted octanol–water partition coefficient (Wildman–Crippen LogP) is 8.84. The molecule has 0 aliphatic heterocycles. The van der Waals surface area contributed by atoms with Crippen LogP contribution >= 0.6 is 0 Å². The van der Waals surface area contributed by atoms with Crippen molar-refractivity contribution in [3.8, 4) is 22.3 Å². The van der Waals surface area contributed by atoms with E-state index in [4.69, 9.17) is 35.5 Å². The minimum absolute atomic E-state index is 0. The van der Waals surface area contributed by atoms with Gasteiger partial charge in [0.05, 0.1) is 0 Å². The number of carboxylic acid groups (broad SMARTS) is 2. The number of carbonyl (C=O) groups is 5. The zero-order valence-corrected chi connectivity index (χ0v) is 43.8. The van der Waals surface area contributed by atoms with Gasteiger partial charge in [0.1, 0.15) is 13.2 Å². The number of aliphatic carboxylic acids is 2. The Kier molecular flexibility index (Phi) is 33.2. The second-order valence-corrected chi connectivity index (χ2v) is 17.7. The van der Waals surface area contributed by atoms with Crippen LogP contribution in [0, 0.1) is 0 Å². The van der Waals surface area contributed by atoms with Crippen molar-refractivity contribution in [2.45, 2.75) is 160 Å². The van der Waals surface area contributed by atoms with Crippen LogP contribution in [0.1, 0.15) is 182 Å². The summed E-state index contributed by atoms with van der Waals surface area (Å²) in [6.45, 7) is 2.92. The van der Waals surface area contributed by atoms with Crippen LogP contribution in [0.25, 0.3) is 22.3 Å². The molecule has 4 aromatic carbocycles. The second-order valence-electron chi connectivity index (χ2n) is 17.7. The van der Waals surface area contributed by atoms with Gasteiger partial charge in [-0.2, -0.15) is 0 Å². The van der Waals surface area contributed by atoms with Crippen molar-refractivity contribution in [3.63, 3.8) is 0 Å². The summed E-state index contributed by atoms with van der Waals surface area (Å²) in [5, 5.41) is 25.5. The number of hydrogen-bond acceptors (Lipinski definition) is 10. The molecule has 13 heteroatoms. The predicted molar refractivity (Wildman–Crippen MR) is 268 cm³/mol. The molecule has 4 N–H and O–H groups in total. The molecule has 2 aliphatic rings. The van der Waals surface area contributed by atoms with Gasteiger partial charge in [0.15, 0.2) is 0 Å². The van der Waals surface area contributed by atoms with Gasteiger partial charge < -0.3 is 35.6 Å². The molecule has 6 rings (SSSR count). The number of ether oxygens (including phenoxy) is 2. The first-order valence-corrected chi connectivity index (χ1v) is 25.1. The summed E-state index contributed by atoms with van der Waals surface area (Å²) >= 11 is 0. The largest absolute Gasteiger partial charge is 1.00 e. The Morgan fingerprint density at radius 1 is 0.486 bits per heavy atom. The van der Waals surface area contributed by atoms with Crippen molar-refractivity contribution in [2.24, 2.45) is 5.73 Å². The van der Waals surface area contributed by atoms with E-state index < -0.39 is 11.9 Å². The molecule has 70 heavy (non-hydrogen) atoms. The van der Waals surface area contributed by atoms with E-state index in [-0.39, 0.29) is 59.8 Å². The molecule has 2 aliphatic carbocycles. The van der Waals surface area contributed by atoms with Crippen molar-refractivity contribution in [1.29, 1.82) is 0 Å². The van der Waals surface area contributed by atoms with E-state index in [1.165, 1.54) is 116 Å². The average Bonchev–Trinajstić information content (AvgIpc) is 3.86. The minimum atomic E-state index is -0.692. The first-order chi connectivity index (χ1) is 33.6. The minimum Gasteiger partial charge on any atom is -0.662 e. The first kappa shape index (κ1) is 61.3. The molecule has 0 bridgehead atoms. The number of esters is 2. The number of rotatable bonds is 29. The Morgan fingerprint density at radius 3 is 1.04 bits per heavy atom. The molecule has 0 fully saturated rings. The van der Waals surface area contributed by atoms with Crippen molar-refractivity contribution >= 4 is 30.3 Å². The van der Waals surface area contributed by atoms with E-state index in [2.05, 4.69) is 77.7 Å². The van der Waals surface area contributed by atoms with Gasteiger partial charge in [-0.3, -0.25) is 24.0 Å². The third-order valence-corrected chi connectivity index (χ3v) is 12.4. The molecule has 0 amide bonds. The van der Waals surface area contributed by atoms with Crippen LogP contribution in [-0.4, -0.2) is 60.3 Å². The van der Waals surface area contributed by atoms with Crippen LogP contribution in [0.4, 0.5) is 0 Å². The van der Waals surface area contributed by atoms with Gasteiger partial charge in [-0.25, -0.2) is 0 Å². The quantitative estimate of drug-likeness (QED) is 0.0117. The van der Waals surface area contributed by atoms with Crippen LogP contribution in [-0.2, 0) is 38.3 Å². The Bertz CT molecular complexity index is 2020. The number of carboxylic acids is 2. The molecule has 12 nitrogen and oxygen atoms in total. The molecule has 0 radical (unpaired) electrons. The third-order valence-electron chi connectivity index (χ3n) is 12.4. The van der Waals surface area contributed by atoms with E-state index in [1.54, 1.807) is 0 Å². The van der Waals surface area contributed by atoms with Crippen LogP contribution in [0.5, 0.6) is 0 Å². The van der Waals surface area contributed by atoms with Gasteiger partial charge >= 0.3 is 53.4 Å². The summed E-state index contributed by atoms with van der Waals surface area (Å²) in [7, 11) is 0.